The van der Waals surface area contributed by atoms with Crippen LogP contribution in [0.15, 0.2) is 140 Å². The largest absolute Gasteiger partial charge is 0.457 e. The van der Waals surface area contributed by atoms with Crippen molar-refractivity contribution in [2.45, 2.75) is 13.8 Å². The first-order valence-corrected chi connectivity index (χ1v) is 15.4. The smallest absolute Gasteiger partial charge is 0.234 e. The van der Waals surface area contributed by atoms with Crippen molar-refractivity contribution >= 4 is 21.8 Å². The highest BCUT2D eigenvalue weighted by Gasteiger charge is 2.17. The number of nitrogens with zero attached hydrogens (tertiary/aromatic N) is 5. The minimum absolute atomic E-state index is 0.580. The van der Waals surface area contributed by atoms with E-state index in [9.17, 15) is 0 Å². The zero-order valence-electron chi connectivity index (χ0n) is 25.8. The van der Waals surface area contributed by atoms with Crippen LogP contribution in [0.3, 0.4) is 0 Å². The normalized spacial score (nSPS) is 11.2. The molecule has 0 spiro atoms. The van der Waals surface area contributed by atoms with Gasteiger partial charge >= 0.3 is 0 Å². The first kappa shape index (κ1) is 28.2. The Bertz CT molecular complexity index is 2240. The molecule has 0 saturated heterocycles. The molecule has 47 heavy (non-hydrogen) atoms. The lowest BCUT2D eigenvalue weighted by atomic mass is 10.1. The van der Waals surface area contributed by atoms with E-state index in [1.54, 1.807) is 12.4 Å². The van der Waals surface area contributed by atoms with Gasteiger partial charge in [-0.2, -0.15) is 0 Å². The van der Waals surface area contributed by atoms with Crippen LogP contribution in [0.25, 0.3) is 50.3 Å². The van der Waals surface area contributed by atoms with Crippen LogP contribution in [0.5, 0.6) is 23.0 Å². The highest BCUT2D eigenvalue weighted by molar-refractivity contribution is 6.09. The summed E-state index contributed by atoms with van der Waals surface area (Å²) in [5, 5.41) is 2.11. The molecular weight excluding hydrogens is 582 g/mol. The molecule has 226 valence electrons. The van der Waals surface area contributed by atoms with Gasteiger partial charge in [0.15, 0.2) is 0 Å². The zero-order chi connectivity index (χ0) is 31.7. The van der Waals surface area contributed by atoms with E-state index in [0.29, 0.717) is 17.4 Å². The minimum atomic E-state index is 0.580. The number of rotatable bonds is 7. The SMILES string of the molecule is Cc1cnc(-n2c3cc(Oc4cccc(-c5ccccn5)c4)ccc3c3ccc(Oc4cccc(-c5ccccn5)c4)cc32)nc1C. The second-order valence-electron chi connectivity index (χ2n) is 11.3. The van der Waals surface area contributed by atoms with Crippen molar-refractivity contribution < 1.29 is 9.47 Å². The molecule has 0 aliphatic rings. The third kappa shape index (κ3) is 5.55. The Morgan fingerprint density at radius 1 is 0.511 bits per heavy atom. The number of fused-ring (bicyclic) bond motifs is 3. The maximum Gasteiger partial charge on any atom is 0.234 e. The van der Waals surface area contributed by atoms with Gasteiger partial charge in [0.1, 0.15) is 23.0 Å². The summed E-state index contributed by atoms with van der Waals surface area (Å²) >= 11 is 0. The Kier molecular flexibility index (Phi) is 7.11. The van der Waals surface area contributed by atoms with Crippen LogP contribution in [0.1, 0.15) is 11.3 Å². The predicted molar refractivity (Wildman–Crippen MR) is 185 cm³/mol. The first-order chi connectivity index (χ1) is 23.1. The molecule has 4 heterocycles. The summed E-state index contributed by atoms with van der Waals surface area (Å²) in [6, 6.07) is 39.9. The van der Waals surface area contributed by atoms with Gasteiger partial charge in [-0.1, -0.05) is 36.4 Å². The fourth-order valence-corrected chi connectivity index (χ4v) is 5.72. The molecule has 0 fully saturated rings. The Balaban J connectivity index is 1.21. The van der Waals surface area contributed by atoms with Gasteiger partial charge in [0.25, 0.3) is 0 Å². The van der Waals surface area contributed by atoms with Crippen LogP contribution in [0, 0.1) is 13.8 Å². The van der Waals surface area contributed by atoms with Gasteiger partial charge in [0.05, 0.1) is 22.4 Å². The molecule has 8 aromatic rings. The number of aromatic nitrogens is 5. The van der Waals surface area contributed by atoms with Crippen LogP contribution in [-0.4, -0.2) is 24.5 Å². The predicted octanol–water partition coefficient (Wildman–Crippen LogP) is 9.90. The zero-order valence-corrected chi connectivity index (χ0v) is 25.8. The average molecular weight is 612 g/mol. The molecule has 0 aliphatic heterocycles. The van der Waals surface area contributed by atoms with Crippen LogP contribution in [0.4, 0.5) is 0 Å². The molecule has 0 N–H and O–H groups in total. The highest BCUT2D eigenvalue weighted by atomic mass is 16.5. The average Bonchev–Trinajstić information content (AvgIpc) is 3.43. The Hall–Kier alpha value is -6.34. The van der Waals surface area contributed by atoms with Crippen LogP contribution in [-0.2, 0) is 0 Å². The number of aryl methyl sites for hydroxylation is 2. The molecule has 4 aromatic heterocycles. The van der Waals surface area contributed by atoms with Crippen LogP contribution in [0.2, 0.25) is 0 Å². The van der Waals surface area contributed by atoms with Gasteiger partial charge in [0, 0.05) is 58.3 Å². The fourth-order valence-electron chi connectivity index (χ4n) is 5.72. The van der Waals surface area contributed by atoms with E-state index in [4.69, 9.17) is 19.4 Å². The van der Waals surface area contributed by atoms with Crippen molar-refractivity contribution in [3.05, 3.63) is 151 Å². The Labute approximate surface area is 271 Å². The number of benzene rings is 4. The van der Waals surface area contributed by atoms with E-state index in [1.807, 2.05) is 129 Å². The molecule has 4 aromatic carbocycles. The summed E-state index contributed by atoms with van der Waals surface area (Å²) in [6.45, 7) is 4.02. The monoisotopic (exact) mass is 611 g/mol. The summed E-state index contributed by atoms with van der Waals surface area (Å²) in [6.07, 6.45) is 5.45. The molecule has 0 bridgehead atoms. The third-order valence-corrected chi connectivity index (χ3v) is 8.18. The Morgan fingerprint density at radius 3 is 1.53 bits per heavy atom. The van der Waals surface area contributed by atoms with Gasteiger partial charge in [-0.3, -0.25) is 14.5 Å². The van der Waals surface area contributed by atoms with E-state index < -0.39 is 0 Å². The standard InChI is InChI=1S/C40H29N5O2/c1-26-25-43-40(44-27(26)2)45-38-23-32(46-30-11-7-9-28(21-30)36-13-3-5-19-41-36)15-17-34(38)35-18-16-33(24-39(35)45)47-31-12-8-10-29(22-31)37-14-4-6-20-42-37/h3-25H,1-2H3. The van der Waals surface area contributed by atoms with Gasteiger partial charge < -0.3 is 9.47 Å². The van der Waals surface area contributed by atoms with Crippen molar-refractivity contribution in [1.29, 1.82) is 0 Å². The molecule has 0 saturated carbocycles. The first-order valence-electron chi connectivity index (χ1n) is 15.4. The Morgan fingerprint density at radius 2 is 1.04 bits per heavy atom. The highest BCUT2D eigenvalue weighted by Crippen LogP contribution is 2.38. The van der Waals surface area contributed by atoms with Gasteiger partial charge in [0.2, 0.25) is 5.95 Å². The van der Waals surface area contributed by atoms with Gasteiger partial charge in [-0.05, 0) is 92.2 Å². The van der Waals surface area contributed by atoms with Gasteiger partial charge in [-0.15, -0.1) is 0 Å². The molecule has 0 amide bonds. The van der Waals surface area contributed by atoms with E-state index in [-0.39, 0.29) is 0 Å². The molecule has 0 atom stereocenters. The second-order valence-corrected chi connectivity index (χ2v) is 11.3. The molecule has 7 nitrogen and oxygen atoms in total. The van der Waals surface area contributed by atoms with E-state index >= 15 is 0 Å². The van der Waals surface area contributed by atoms with Crippen LogP contribution < -0.4 is 9.47 Å². The third-order valence-electron chi connectivity index (χ3n) is 8.18. The molecular formula is C40H29N5O2. The summed E-state index contributed by atoms with van der Waals surface area (Å²) < 4.78 is 14.9. The van der Waals surface area contributed by atoms with Crippen molar-refractivity contribution in [3.63, 3.8) is 0 Å². The van der Waals surface area contributed by atoms with E-state index in [0.717, 1.165) is 67.1 Å². The second kappa shape index (κ2) is 11.9. The lowest BCUT2D eigenvalue weighted by Crippen LogP contribution is -2.03. The number of ether oxygens (including phenoxy) is 2. The molecule has 8 rings (SSSR count). The molecule has 0 radical (unpaired) electrons. The van der Waals surface area contributed by atoms with Crippen molar-refractivity contribution in [2.24, 2.45) is 0 Å². The maximum absolute atomic E-state index is 6.42. The quantitative estimate of drug-likeness (QED) is 0.179. The summed E-state index contributed by atoms with van der Waals surface area (Å²) in [5.41, 5.74) is 7.56. The molecule has 0 unspecified atom stereocenters. The van der Waals surface area contributed by atoms with Crippen molar-refractivity contribution in [3.8, 4) is 51.5 Å². The minimum Gasteiger partial charge on any atom is -0.457 e. The van der Waals surface area contributed by atoms with Crippen molar-refractivity contribution in [1.82, 2.24) is 24.5 Å². The molecule has 0 aliphatic carbocycles. The topological polar surface area (TPSA) is 75.0 Å². The lowest BCUT2D eigenvalue weighted by molar-refractivity contribution is 0.483. The summed E-state index contributed by atoms with van der Waals surface area (Å²) in [5.74, 6) is 3.43. The number of pyridine rings is 2. The number of hydrogen-bond donors (Lipinski definition) is 0. The van der Waals surface area contributed by atoms with E-state index in [1.165, 1.54) is 0 Å². The van der Waals surface area contributed by atoms with Crippen molar-refractivity contribution in [2.75, 3.05) is 0 Å². The summed E-state index contributed by atoms with van der Waals surface area (Å²) in [4.78, 5) is 18.6. The molecule has 7 heteroatoms. The maximum atomic E-state index is 6.42. The summed E-state index contributed by atoms with van der Waals surface area (Å²) in [7, 11) is 0. The van der Waals surface area contributed by atoms with Crippen LogP contribution >= 0.6 is 0 Å². The fraction of sp³-hybridized carbons (Fsp3) is 0.0500. The number of hydrogen-bond acceptors (Lipinski definition) is 6. The van der Waals surface area contributed by atoms with Gasteiger partial charge in [-0.25, -0.2) is 9.97 Å². The lowest BCUT2D eigenvalue weighted by Gasteiger charge is -2.11. The van der Waals surface area contributed by atoms with E-state index in [2.05, 4.69) is 26.7 Å².